The van der Waals surface area contributed by atoms with E-state index in [1.165, 1.54) is 31.3 Å². The Hall–Kier alpha value is -0.440. The summed E-state index contributed by atoms with van der Waals surface area (Å²) in [5.41, 5.74) is 1.19. The molecule has 0 aromatic carbocycles. The minimum absolute atomic E-state index is 0.00382. The van der Waals surface area contributed by atoms with E-state index in [-0.39, 0.29) is 11.4 Å². The number of carbonyl (C=O) groups is 1. The molecule has 3 heteroatoms. The first-order valence-electron chi connectivity index (χ1n) is 5.80. The first-order valence-corrected chi connectivity index (χ1v) is 6.85. The van der Waals surface area contributed by atoms with Crippen molar-refractivity contribution in [2.24, 2.45) is 0 Å². The maximum Gasteiger partial charge on any atom is 0.332 e. The zero-order chi connectivity index (χ0) is 11.1. The molecular formula is C12H20O2S. The number of esters is 1. The molecule has 1 aliphatic rings. The van der Waals surface area contributed by atoms with Crippen LogP contribution in [0.3, 0.4) is 0 Å². The average Bonchev–Trinajstić information content (AvgIpc) is 2.55. The van der Waals surface area contributed by atoms with Crippen LogP contribution >= 0.6 is 11.8 Å². The minimum atomic E-state index is -0.161. The fourth-order valence-corrected chi connectivity index (χ4v) is 2.54. The van der Waals surface area contributed by atoms with Crippen molar-refractivity contribution in [3.8, 4) is 0 Å². The third kappa shape index (κ3) is 4.29. The van der Waals surface area contributed by atoms with Crippen LogP contribution in [-0.4, -0.2) is 17.2 Å². The largest absolute Gasteiger partial charge is 0.443 e. The summed E-state index contributed by atoms with van der Waals surface area (Å²) in [6.07, 6.45) is 7.67. The maximum absolute atomic E-state index is 11.1. The number of thioether (sulfide) groups is 1. The zero-order valence-corrected chi connectivity index (χ0v) is 10.4. The number of rotatable bonds is 7. The number of cyclic esters (lactones) is 1. The maximum atomic E-state index is 11.1. The van der Waals surface area contributed by atoms with Crippen molar-refractivity contribution >= 4 is 17.7 Å². The second-order valence-electron chi connectivity index (χ2n) is 3.75. The van der Waals surface area contributed by atoms with Crippen LogP contribution in [-0.2, 0) is 9.53 Å². The van der Waals surface area contributed by atoms with Crippen LogP contribution in [0.15, 0.2) is 11.6 Å². The smallest absolute Gasteiger partial charge is 0.332 e. The molecule has 0 bridgehead atoms. The molecule has 1 aliphatic heterocycles. The highest BCUT2D eigenvalue weighted by molar-refractivity contribution is 7.99. The summed E-state index contributed by atoms with van der Waals surface area (Å²) in [6.45, 7) is 4.29. The molecular weight excluding hydrogens is 208 g/mol. The Bertz CT molecular complexity index is 236. The van der Waals surface area contributed by atoms with Gasteiger partial charge in [0.1, 0.15) is 0 Å². The lowest BCUT2D eigenvalue weighted by atomic mass is 10.1. The molecule has 86 valence electrons. The molecule has 2 nitrogen and oxygen atoms in total. The summed E-state index contributed by atoms with van der Waals surface area (Å²) in [5.74, 6) is 0.830. The summed E-state index contributed by atoms with van der Waals surface area (Å²) < 4.78 is 5.20. The topological polar surface area (TPSA) is 26.3 Å². The molecule has 1 atom stereocenters. The Morgan fingerprint density at radius 2 is 2.13 bits per heavy atom. The fourth-order valence-electron chi connectivity index (χ4n) is 1.67. The number of hydrogen-bond acceptors (Lipinski definition) is 3. The van der Waals surface area contributed by atoms with Gasteiger partial charge in [0.2, 0.25) is 0 Å². The standard InChI is InChI=1S/C12H20O2S/c1-3-5-6-7-8-10-9-11(13)14-12(10)15-4-2/h9,12H,3-8H2,1-2H3. The van der Waals surface area contributed by atoms with Crippen molar-refractivity contribution in [3.05, 3.63) is 11.6 Å². The minimum Gasteiger partial charge on any atom is -0.443 e. The Labute approximate surface area is 96.5 Å². The number of hydrogen-bond donors (Lipinski definition) is 0. The van der Waals surface area contributed by atoms with Gasteiger partial charge in [0.25, 0.3) is 0 Å². The molecule has 0 aromatic rings. The molecule has 0 aliphatic carbocycles. The van der Waals surface area contributed by atoms with Crippen molar-refractivity contribution in [3.63, 3.8) is 0 Å². The van der Waals surface area contributed by atoms with Crippen LogP contribution in [0.4, 0.5) is 0 Å². The van der Waals surface area contributed by atoms with E-state index < -0.39 is 0 Å². The predicted octanol–water partition coefficient (Wildman–Crippen LogP) is 3.52. The van der Waals surface area contributed by atoms with Gasteiger partial charge in [0.15, 0.2) is 5.44 Å². The van der Waals surface area contributed by atoms with E-state index in [9.17, 15) is 4.79 Å². The highest BCUT2D eigenvalue weighted by Gasteiger charge is 2.24. The van der Waals surface area contributed by atoms with E-state index in [4.69, 9.17) is 4.74 Å². The van der Waals surface area contributed by atoms with Crippen LogP contribution in [0.2, 0.25) is 0 Å². The Morgan fingerprint density at radius 1 is 1.33 bits per heavy atom. The van der Waals surface area contributed by atoms with Gasteiger partial charge >= 0.3 is 5.97 Å². The highest BCUT2D eigenvalue weighted by atomic mass is 32.2. The molecule has 1 rings (SSSR count). The molecule has 0 radical (unpaired) electrons. The third-order valence-electron chi connectivity index (χ3n) is 2.47. The molecule has 15 heavy (non-hydrogen) atoms. The number of unbranched alkanes of at least 4 members (excludes halogenated alkanes) is 3. The van der Waals surface area contributed by atoms with Crippen molar-refractivity contribution in [2.45, 2.75) is 51.4 Å². The van der Waals surface area contributed by atoms with Gasteiger partial charge in [0.05, 0.1) is 0 Å². The SMILES string of the molecule is CCCCCCC1=CC(=O)OC1SCC. The molecule has 0 fully saturated rings. The molecule has 1 heterocycles. The van der Waals surface area contributed by atoms with Crippen LogP contribution < -0.4 is 0 Å². The van der Waals surface area contributed by atoms with Gasteiger partial charge in [0, 0.05) is 6.08 Å². The summed E-state index contributed by atoms with van der Waals surface area (Å²) >= 11 is 1.70. The van der Waals surface area contributed by atoms with Crippen LogP contribution in [0.5, 0.6) is 0 Å². The van der Waals surface area contributed by atoms with Gasteiger partial charge in [-0.05, 0) is 24.2 Å². The lowest BCUT2D eigenvalue weighted by Crippen LogP contribution is -2.07. The summed E-state index contributed by atoms with van der Waals surface area (Å²) in [7, 11) is 0. The van der Waals surface area contributed by atoms with Gasteiger partial charge < -0.3 is 4.74 Å². The first-order chi connectivity index (χ1) is 7.27. The highest BCUT2D eigenvalue weighted by Crippen LogP contribution is 2.29. The number of carbonyl (C=O) groups excluding carboxylic acids is 1. The van der Waals surface area contributed by atoms with Gasteiger partial charge in [-0.1, -0.05) is 33.1 Å². The van der Waals surface area contributed by atoms with E-state index in [1.807, 2.05) is 0 Å². The van der Waals surface area contributed by atoms with E-state index in [0.717, 1.165) is 12.2 Å². The van der Waals surface area contributed by atoms with Crippen LogP contribution in [0.1, 0.15) is 46.0 Å². The monoisotopic (exact) mass is 228 g/mol. The van der Waals surface area contributed by atoms with E-state index in [0.29, 0.717) is 0 Å². The van der Waals surface area contributed by atoms with Crippen molar-refractivity contribution < 1.29 is 9.53 Å². The van der Waals surface area contributed by atoms with Crippen LogP contribution in [0.25, 0.3) is 0 Å². The second kappa shape index (κ2) is 6.94. The molecule has 1 unspecified atom stereocenters. The fraction of sp³-hybridized carbons (Fsp3) is 0.750. The molecule has 0 saturated carbocycles. The van der Waals surface area contributed by atoms with E-state index in [1.54, 1.807) is 17.8 Å². The quantitative estimate of drug-likeness (QED) is 0.492. The second-order valence-corrected chi connectivity index (χ2v) is 5.09. The average molecular weight is 228 g/mol. The van der Waals surface area contributed by atoms with Gasteiger partial charge in [-0.15, -0.1) is 11.8 Å². The van der Waals surface area contributed by atoms with Gasteiger partial charge in [-0.2, -0.15) is 0 Å². The third-order valence-corrected chi connectivity index (χ3v) is 3.50. The van der Waals surface area contributed by atoms with Crippen molar-refractivity contribution in [2.75, 3.05) is 5.75 Å². The lowest BCUT2D eigenvalue weighted by Gasteiger charge is -2.12. The normalized spacial score (nSPS) is 20.3. The molecule has 0 amide bonds. The number of ether oxygens (including phenoxy) is 1. The molecule has 0 N–H and O–H groups in total. The Kier molecular flexibility index (Phi) is 5.84. The van der Waals surface area contributed by atoms with E-state index in [2.05, 4.69) is 13.8 Å². The molecule has 0 aromatic heterocycles. The van der Waals surface area contributed by atoms with Gasteiger partial charge in [-0.25, -0.2) is 4.79 Å². The zero-order valence-electron chi connectivity index (χ0n) is 9.62. The first kappa shape index (κ1) is 12.6. The lowest BCUT2D eigenvalue weighted by molar-refractivity contribution is -0.136. The van der Waals surface area contributed by atoms with Crippen molar-refractivity contribution in [1.29, 1.82) is 0 Å². The summed E-state index contributed by atoms with van der Waals surface area (Å²) in [5, 5.41) is 0. The van der Waals surface area contributed by atoms with Crippen molar-refractivity contribution in [1.82, 2.24) is 0 Å². The van der Waals surface area contributed by atoms with Crippen LogP contribution in [0, 0.1) is 0 Å². The summed E-state index contributed by atoms with van der Waals surface area (Å²) in [4.78, 5) is 11.1. The van der Waals surface area contributed by atoms with E-state index >= 15 is 0 Å². The molecule has 0 saturated heterocycles. The molecule has 0 spiro atoms. The predicted molar refractivity (Wildman–Crippen MR) is 64.9 cm³/mol. The Morgan fingerprint density at radius 3 is 2.80 bits per heavy atom. The Balaban J connectivity index is 2.30. The summed E-state index contributed by atoms with van der Waals surface area (Å²) in [6, 6.07) is 0. The van der Waals surface area contributed by atoms with Gasteiger partial charge in [-0.3, -0.25) is 0 Å².